The second kappa shape index (κ2) is 5.85. The Kier molecular flexibility index (Phi) is 4.71. The lowest BCUT2D eigenvalue weighted by Crippen LogP contribution is -2.49. The van der Waals surface area contributed by atoms with Gasteiger partial charge in [0, 0.05) is 6.04 Å². The van der Waals surface area contributed by atoms with Gasteiger partial charge in [-0.25, -0.2) is 0 Å². The molecule has 1 aliphatic rings. The van der Waals surface area contributed by atoms with E-state index in [-0.39, 0.29) is 18.5 Å². The molecule has 0 spiro atoms. The average Bonchev–Trinajstić information content (AvgIpc) is 2.87. The van der Waals surface area contributed by atoms with Crippen LogP contribution in [0.2, 0.25) is 0 Å². The molecular weight excluding hydrogens is 230 g/mol. The van der Waals surface area contributed by atoms with Crippen molar-refractivity contribution in [2.24, 2.45) is 11.1 Å². The van der Waals surface area contributed by atoms with Gasteiger partial charge in [-0.3, -0.25) is 9.59 Å². The number of hydrogen-bond acceptors (Lipinski definition) is 3. The van der Waals surface area contributed by atoms with Crippen LogP contribution in [0.4, 0.5) is 0 Å². The zero-order valence-electron chi connectivity index (χ0n) is 11.1. The van der Waals surface area contributed by atoms with E-state index in [1.807, 2.05) is 0 Å². The van der Waals surface area contributed by atoms with Gasteiger partial charge >= 0.3 is 0 Å². The molecule has 5 heteroatoms. The summed E-state index contributed by atoms with van der Waals surface area (Å²) in [5.74, 6) is -0.787. The van der Waals surface area contributed by atoms with Gasteiger partial charge in [0.15, 0.2) is 0 Å². The molecule has 1 saturated carbocycles. The molecule has 0 aromatic carbocycles. The fourth-order valence-electron chi connectivity index (χ4n) is 2.35. The van der Waals surface area contributed by atoms with Gasteiger partial charge in [0.2, 0.25) is 11.8 Å². The van der Waals surface area contributed by atoms with Gasteiger partial charge in [-0.05, 0) is 26.2 Å². The van der Waals surface area contributed by atoms with Crippen LogP contribution in [-0.4, -0.2) is 29.3 Å². The van der Waals surface area contributed by atoms with Crippen LogP contribution >= 0.6 is 0 Å². The van der Waals surface area contributed by atoms with Crippen molar-refractivity contribution < 1.29 is 9.59 Å². The van der Waals surface area contributed by atoms with E-state index in [4.69, 9.17) is 11.0 Å². The van der Waals surface area contributed by atoms with Crippen molar-refractivity contribution in [2.75, 3.05) is 6.54 Å². The Hall–Kier alpha value is -1.57. The summed E-state index contributed by atoms with van der Waals surface area (Å²) >= 11 is 0. The van der Waals surface area contributed by atoms with E-state index in [1.54, 1.807) is 13.8 Å². The lowest BCUT2D eigenvalue weighted by Gasteiger charge is -2.33. The number of nitriles is 1. The third-order valence-corrected chi connectivity index (χ3v) is 3.78. The lowest BCUT2D eigenvalue weighted by atomic mass is 9.87. The second-order valence-corrected chi connectivity index (χ2v) is 5.14. The van der Waals surface area contributed by atoms with Crippen LogP contribution in [0.3, 0.4) is 0 Å². The topological polar surface area (TPSA) is 87.2 Å². The van der Waals surface area contributed by atoms with Crippen molar-refractivity contribution in [2.45, 2.75) is 52.0 Å². The summed E-state index contributed by atoms with van der Waals surface area (Å²) in [7, 11) is 0. The third kappa shape index (κ3) is 3.00. The highest BCUT2D eigenvalue weighted by Crippen LogP contribution is 2.29. The van der Waals surface area contributed by atoms with Crippen LogP contribution in [0.5, 0.6) is 0 Å². The van der Waals surface area contributed by atoms with Crippen molar-refractivity contribution >= 4 is 11.8 Å². The minimum atomic E-state index is -1.06. The lowest BCUT2D eigenvalue weighted by molar-refractivity contribution is -0.143. The molecule has 2 N–H and O–H groups in total. The van der Waals surface area contributed by atoms with E-state index in [0.29, 0.717) is 6.42 Å². The van der Waals surface area contributed by atoms with Crippen LogP contribution in [0, 0.1) is 16.7 Å². The molecule has 0 radical (unpaired) electrons. The standard InChI is InChI=1S/C13H21N3O2/c1-3-13(2,9-14)12(18)16(8-11(15)17)10-6-4-5-7-10/h10H,3-8H2,1-2H3,(H2,15,17). The first-order valence-corrected chi connectivity index (χ1v) is 6.45. The number of primary amides is 1. The zero-order valence-corrected chi connectivity index (χ0v) is 11.1. The maximum Gasteiger partial charge on any atom is 0.243 e. The predicted molar refractivity (Wildman–Crippen MR) is 67.2 cm³/mol. The van der Waals surface area contributed by atoms with Gasteiger partial charge in [0.1, 0.15) is 5.41 Å². The van der Waals surface area contributed by atoms with Gasteiger partial charge in [0.05, 0.1) is 12.6 Å². The molecule has 100 valence electrons. The fourth-order valence-corrected chi connectivity index (χ4v) is 2.35. The highest BCUT2D eigenvalue weighted by molar-refractivity contribution is 5.89. The van der Waals surface area contributed by atoms with Gasteiger partial charge in [-0.1, -0.05) is 19.8 Å². The summed E-state index contributed by atoms with van der Waals surface area (Å²) in [6.07, 6.45) is 4.34. The molecule has 0 heterocycles. The molecule has 0 aliphatic heterocycles. The largest absolute Gasteiger partial charge is 0.368 e. The Morgan fingerprint density at radius 3 is 2.39 bits per heavy atom. The molecular formula is C13H21N3O2. The molecule has 5 nitrogen and oxygen atoms in total. The number of nitrogens with two attached hydrogens (primary N) is 1. The van der Waals surface area contributed by atoms with E-state index in [9.17, 15) is 9.59 Å². The van der Waals surface area contributed by atoms with Crippen LogP contribution < -0.4 is 5.73 Å². The van der Waals surface area contributed by atoms with E-state index >= 15 is 0 Å². The van der Waals surface area contributed by atoms with Gasteiger partial charge in [-0.15, -0.1) is 0 Å². The minimum Gasteiger partial charge on any atom is -0.368 e. The van der Waals surface area contributed by atoms with Crippen molar-refractivity contribution in [3.8, 4) is 6.07 Å². The summed E-state index contributed by atoms with van der Waals surface area (Å²) < 4.78 is 0. The summed E-state index contributed by atoms with van der Waals surface area (Å²) in [6.45, 7) is 3.34. The fraction of sp³-hybridized carbons (Fsp3) is 0.769. The maximum absolute atomic E-state index is 12.4. The predicted octanol–water partition coefficient (Wildman–Crippen LogP) is 1.18. The number of nitrogens with zero attached hydrogens (tertiary/aromatic N) is 2. The Labute approximate surface area is 108 Å². The summed E-state index contributed by atoms with van der Waals surface area (Å²) in [5.41, 5.74) is 4.15. The molecule has 0 saturated heterocycles. The molecule has 1 unspecified atom stereocenters. The molecule has 1 atom stereocenters. The number of amides is 2. The second-order valence-electron chi connectivity index (χ2n) is 5.14. The summed E-state index contributed by atoms with van der Waals surface area (Å²) in [6, 6.07) is 2.12. The zero-order chi connectivity index (χ0) is 13.8. The average molecular weight is 251 g/mol. The van der Waals surface area contributed by atoms with Gasteiger partial charge in [-0.2, -0.15) is 5.26 Å². The first-order valence-electron chi connectivity index (χ1n) is 6.45. The number of hydrogen-bond donors (Lipinski definition) is 1. The molecule has 2 amide bonds. The number of carbonyl (C=O) groups is 2. The van der Waals surface area contributed by atoms with E-state index in [1.165, 1.54) is 4.90 Å². The van der Waals surface area contributed by atoms with Crippen LogP contribution in [0.1, 0.15) is 46.0 Å². The van der Waals surface area contributed by atoms with Crippen molar-refractivity contribution in [1.29, 1.82) is 5.26 Å². The Morgan fingerprint density at radius 2 is 2.00 bits per heavy atom. The SMILES string of the molecule is CCC(C)(C#N)C(=O)N(CC(N)=O)C1CCCC1. The van der Waals surface area contributed by atoms with E-state index in [0.717, 1.165) is 25.7 Å². The van der Waals surface area contributed by atoms with Gasteiger partial charge < -0.3 is 10.6 Å². The quantitative estimate of drug-likeness (QED) is 0.796. The highest BCUT2D eigenvalue weighted by Gasteiger charge is 2.39. The van der Waals surface area contributed by atoms with Crippen LogP contribution in [-0.2, 0) is 9.59 Å². The molecule has 0 aromatic heterocycles. The molecule has 18 heavy (non-hydrogen) atoms. The van der Waals surface area contributed by atoms with E-state index < -0.39 is 11.3 Å². The van der Waals surface area contributed by atoms with E-state index in [2.05, 4.69) is 6.07 Å². The summed E-state index contributed by atoms with van der Waals surface area (Å²) in [5, 5.41) is 9.17. The Morgan fingerprint density at radius 1 is 1.44 bits per heavy atom. The highest BCUT2D eigenvalue weighted by atomic mass is 16.2. The van der Waals surface area contributed by atoms with Crippen LogP contribution in [0.15, 0.2) is 0 Å². The minimum absolute atomic E-state index is 0.0595. The van der Waals surface area contributed by atoms with Crippen LogP contribution in [0.25, 0.3) is 0 Å². The van der Waals surface area contributed by atoms with Gasteiger partial charge in [0.25, 0.3) is 0 Å². The smallest absolute Gasteiger partial charge is 0.243 e. The van der Waals surface area contributed by atoms with Crippen molar-refractivity contribution in [1.82, 2.24) is 4.90 Å². The third-order valence-electron chi connectivity index (χ3n) is 3.78. The first-order chi connectivity index (χ1) is 8.44. The van der Waals surface area contributed by atoms with Crippen molar-refractivity contribution in [3.05, 3.63) is 0 Å². The Balaban J connectivity index is 2.92. The number of carbonyl (C=O) groups excluding carboxylic acids is 2. The normalized spacial score (nSPS) is 18.9. The summed E-state index contributed by atoms with van der Waals surface area (Å²) in [4.78, 5) is 25.1. The first kappa shape index (κ1) is 14.5. The molecule has 1 fully saturated rings. The number of rotatable bonds is 5. The molecule has 0 aromatic rings. The Bertz CT molecular complexity index is 369. The molecule has 1 aliphatic carbocycles. The molecule has 1 rings (SSSR count). The monoisotopic (exact) mass is 251 g/mol. The molecule has 0 bridgehead atoms. The van der Waals surface area contributed by atoms with Crippen molar-refractivity contribution in [3.63, 3.8) is 0 Å². The maximum atomic E-state index is 12.4.